The van der Waals surface area contributed by atoms with Gasteiger partial charge in [0.1, 0.15) is 11.8 Å². The van der Waals surface area contributed by atoms with E-state index in [4.69, 9.17) is 15.3 Å². The molecule has 0 aliphatic heterocycles. The first kappa shape index (κ1) is 38.8. The van der Waals surface area contributed by atoms with Crippen molar-refractivity contribution in [1.29, 1.82) is 0 Å². The maximum atomic E-state index is 12.0. The van der Waals surface area contributed by atoms with Crippen LogP contribution >= 0.6 is 0 Å². The number of rotatable bonds is 20. The van der Waals surface area contributed by atoms with Crippen LogP contribution in [0.3, 0.4) is 0 Å². The molecule has 1 radical (unpaired) electrons. The average Bonchev–Trinajstić information content (AvgIpc) is 2.66. The zero-order chi connectivity index (χ0) is 26.4. The summed E-state index contributed by atoms with van der Waals surface area (Å²) in [6.07, 6.45) is -0.0404. The third kappa shape index (κ3) is 18.5. The van der Waals surface area contributed by atoms with Gasteiger partial charge in [0, 0.05) is 38.5 Å². The third-order valence-corrected chi connectivity index (χ3v) is 4.92. The number of hydrogen-bond acceptors (Lipinski definition) is 9. The van der Waals surface area contributed by atoms with Gasteiger partial charge in [-0.15, -0.1) is 0 Å². The Morgan fingerprint density at radius 3 is 1.42 bits per heavy atom. The van der Waals surface area contributed by atoms with E-state index in [1.165, 1.54) is 9.80 Å². The van der Waals surface area contributed by atoms with Crippen LogP contribution in [-0.4, -0.2) is 134 Å². The molecular weight excluding hydrogens is 627 g/mol. The second kappa shape index (κ2) is 20.3. The molecule has 36 heavy (non-hydrogen) atoms. The summed E-state index contributed by atoms with van der Waals surface area (Å²) in [4.78, 5) is 61.2. The first-order chi connectivity index (χ1) is 15.7. The summed E-state index contributed by atoms with van der Waals surface area (Å²) in [5.74, 6) is -5.59. The van der Waals surface area contributed by atoms with Gasteiger partial charge in [-0.1, -0.05) is 20.4 Å². The Morgan fingerprint density at radius 2 is 1.11 bits per heavy atom. The Balaban J connectivity index is -0.00000544. The monoisotopic (exact) mass is 665 g/mol. The number of ketones is 1. The summed E-state index contributed by atoms with van der Waals surface area (Å²) < 4.78 is 0. The van der Waals surface area contributed by atoms with Gasteiger partial charge in [-0.3, -0.25) is 38.7 Å². The number of hydrogen-bond donors (Lipinski definition) is 5. The minimum Gasteiger partial charge on any atom is -0.512 e. The van der Waals surface area contributed by atoms with Crippen LogP contribution in [0.4, 0.5) is 0 Å². The van der Waals surface area contributed by atoms with E-state index >= 15 is 0 Å². The molecule has 0 unspecified atom stereocenters. The molecule has 0 aliphatic rings. The smallest absolute Gasteiger partial charge is 0.512 e. The number of carbonyl (C=O) groups excluding carboxylic acids is 1. The van der Waals surface area contributed by atoms with Crippen molar-refractivity contribution >= 4 is 29.7 Å². The molecule has 7 N–H and O–H groups in total. The zero-order valence-corrected chi connectivity index (χ0v) is 22.7. The predicted octanol–water partition coefficient (Wildman–Crippen LogP) is -1.15. The van der Waals surface area contributed by atoms with Crippen molar-refractivity contribution in [3.63, 3.8) is 0 Å². The van der Waals surface area contributed by atoms with Crippen LogP contribution in [0.2, 0.25) is 0 Å². The minimum absolute atomic E-state index is 0. The van der Waals surface area contributed by atoms with E-state index in [-0.39, 0.29) is 108 Å². The Bertz CT molecular complexity index is 677. The number of carboxylic acids is 4. The topological polar surface area (TPSA) is 228 Å². The Labute approximate surface area is 241 Å². The summed E-state index contributed by atoms with van der Waals surface area (Å²) >= 11 is 0. The molecule has 0 bridgehead atoms. The van der Waals surface area contributed by atoms with Gasteiger partial charge in [0.2, 0.25) is 0 Å². The van der Waals surface area contributed by atoms with Crippen LogP contribution in [0, 0.1) is 45.9 Å². The number of carbonyl (C=O) groups is 5. The van der Waals surface area contributed by atoms with Crippen molar-refractivity contribution in [2.45, 2.75) is 32.7 Å². The van der Waals surface area contributed by atoms with Gasteiger partial charge in [-0.25, -0.2) is 0 Å². The number of carboxylic acid groups (broad SMARTS) is 4. The Kier molecular flexibility index (Phi) is 21.9. The third-order valence-electron chi connectivity index (χ3n) is 4.92. The van der Waals surface area contributed by atoms with Crippen molar-refractivity contribution < 1.29 is 94.9 Å². The molecule has 0 amide bonds. The van der Waals surface area contributed by atoms with Gasteiger partial charge in [0.15, 0.2) is 0 Å². The molecular formula is C21H37GdN3O11+3. The molecule has 0 spiro atoms. The van der Waals surface area contributed by atoms with Crippen molar-refractivity contribution in [3.05, 3.63) is 12.3 Å². The Hall–Kier alpha value is -1.75. The van der Waals surface area contributed by atoms with Crippen LogP contribution in [0.25, 0.3) is 0 Å². The molecule has 0 rings (SSSR count). The first-order valence-corrected chi connectivity index (χ1v) is 10.7. The summed E-state index contributed by atoms with van der Waals surface area (Å²) in [7, 11) is 0. The summed E-state index contributed by atoms with van der Waals surface area (Å²) in [6, 6.07) is -1.15. The molecule has 0 fully saturated rings. The van der Waals surface area contributed by atoms with Crippen molar-refractivity contribution in [2.24, 2.45) is 5.92 Å². The number of Topliss-reactive ketones (excluding diaryl/α,β-unsaturated/α-hetero) is 1. The van der Waals surface area contributed by atoms with Gasteiger partial charge in [-0.2, -0.15) is 0 Å². The fourth-order valence-corrected chi connectivity index (χ4v) is 3.25. The van der Waals surface area contributed by atoms with Gasteiger partial charge in [0.25, 0.3) is 0 Å². The number of aliphatic hydroxyl groups is 1. The average molecular weight is 665 g/mol. The molecule has 0 heterocycles. The van der Waals surface area contributed by atoms with Crippen LogP contribution in [-0.2, 0) is 24.0 Å². The normalized spacial score (nSPS) is 11.6. The molecule has 0 aromatic carbocycles. The molecule has 0 aliphatic carbocycles. The van der Waals surface area contributed by atoms with E-state index in [1.807, 2.05) is 0 Å². The van der Waals surface area contributed by atoms with Crippen molar-refractivity contribution in [3.8, 4) is 0 Å². The maximum Gasteiger partial charge on any atom is 3.00 e. The van der Waals surface area contributed by atoms with Crippen LogP contribution in [0.5, 0.6) is 0 Å². The molecule has 207 valence electrons. The fourth-order valence-electron chi connectivity index (χ4n) is 3.25. The van der Waals surface area contributed by atoms with E-state index in [0.717, 1.165) is 4.90 Å². The largest absolute Gasteiger partial charge is 3.00 e. The number of aliphatic hydroxyl groups excluding tert-OH is 1. The second-order valence-electron chi connectivity index (χ2n) is 8.22. The van der Waals surface area contributed by atoms with Gasteiger partial charge < -0.3 is 31.0 Å². The van der Waals surface area contributed by atoms with E-state index in [2.05, 4.69) is 6.58 Å². The molecule has 0 saturated heterocycles. The fraction of sp³-hybridized carbons (Fsp3) is 0.667. The Morgan fingerprint density at radius 1 is 0.722 bits per heavy atom. The molecule has 0 aromatic rings. The predicted molar refractivity (Wildman–Crippen MR) is 123 cm³/mol. The molecule has 15 heteroatoms. The molecule has 0 saturated carbocycles. The van der Waals surface area contributed by atoms with Crippen molar-refractivity contribution in [2.75, 3.05) is 52.4 Å². The van der Waals surface area contributed by atoms with Crippen LogP contribution in [0.15, 0.2) is 12.3 Å². The quantitative estimate of drug-likeness (QED) is 0.0970. The first-order valence-electron chi connectivity index (χ1n) is 10.7. The molecule has 14 nitrogen and oxygen atoms in total. The van der Waals surface area contributed by atoms with Gasteiger partial charge in [-0.05, 0) is 6.42 Å². The zero-order valence-electron chi connectivity index (χ0n) is 20.4. The van der Waals surface area contributed by atoms with Gasteiger partial charge >= 0.3 is 63.8 Å². The maximum absolute atomic E-state index is 12.0. The van der Waals surface area contributed by atoms with E-state index in [1.54, 1.807) is 13.8 Å². The SMILES string of the molecule is C=C(O)CN(CCN(CCN(CC(=O)O)CC(=O)O)[C@@H](CCC(=O)C(C)C)C(=O)O)CC(=O)O.O.[Gd+3]. The van der Waals surface area contributed by atoms with Crippen LogP contribution < -0.4 is 0 Å². The van der Waals surface area contributed by atoms with Gasteiger partial charge in [0.05, 0.1) is 31.9 Å². The summed E-state index contributed by atoms with van der Waals surface area (Å²) in [5.41, 5.74) is 0. The van der Waals surface area contributed by atoms with E-state index in [9.17, 15) is 34.2 Å². The number of nitrogens with zero attached hydrogens (tertiary/aromatic N) is 3. The minimum atomic E-state index is -1.25. The summed E-state index contributed by atoms with van der Waals surface area (Å²) in [5, 5.41) is 46.4. The van der Waals surface area contributed by atoms with Crippen LogP contribution in [0.1, 0.15) is 26.7 Å². The molecule has 0 aromatic heterocycles. The standard InChI is InChI=1S/C21H35N3O10.Gd.H2O/c1-14(2)17(26)5-4-16(21(33)34)24(8-6-22(10-15(3)25)11-18(27)28)9-7-23(12-19(29)30)13-20(31)32;;/h14,16,25H,3-13H2,1-2H3,(H,27,28)(H,29,30)(H,31,32)(H,33,34);;1H2/q;+3;/t16-;;/m0../s1. The number of aliphatic carboxylic acids is 4. The summed E-state index contributed by atoms with van der Waals surface area (Å²) in [6.45, 7) is 4.85. The molecule has 1 atom stereocenters. The van der Waals surface area contributed by atoms with E-state index < -0.39 is 49.6 Å². The van der Waals surface area contributed by atoms with E-state index in [0.29, 0.717) is 0 Å². The van der Waals surface area contributed by atoms with Crippen molar-refractivity contribution in [1.82, 2.24) is 14.7 Å². The second-order valence-corrected chi connectivity index (χ2v) is 8.22.